The Morgan fingerprint density at radius 3 is 1.00 bits per heavy atom. The van der Waals surface area contributed by atoms with Crippen LogP contribution < -0.4 is 0 Å². The van der Waals surface area contributed by atoms with Gasteiger partial charge < -0.3 is 4.57 Å². The Balaban J connectivity index is 0.000000120. The quantitative estimate of drug-likeness (QED) is 0.149. The molecule has 1 aliphatic carbocycles. The fourth-order valence-corrected chi connectivity index (χ4v) is 32.1. The van der Waals surface area contributed by atoms with Crippen molar-refractivity contribution in [2.45, 2.75) is 180 Å². The number of aryl methyl sites for hydroxylation is 19. The molecule has 4 amide bonds. The van der Waals surface area contributed by atoms with Crippen LogP contribution >= 0.6 is 147 Å². The van der Waals surface area contributed by atoms with E-state index in [2.05, 4.69) is 216 Å². The molecule has 6 aromatic carbocycles. The first-order valence-corrected chi connectivity index (χ1v) is 53.4. The van der Waals surface area contributed by atoms with Crippen LogP contribution in [0.1, 0.15) is 190 Å². The number of thiophene rings is 11. The molecule has 127 heavy (non-hydrogen) atoms. The smallest absolute Gasteiger partial charge is 0.261 e. The summed E-state index contributed by atoms with van der Waals surface area (Å²) in [7, 11) is 5.07. The van der Waals surface area contributed by atoms with Crippen molar-refractivity contribution < 1.29 is 19.2 Å². The minimum Gasteiger partial charge on any atom is -0.342 e. The first-order chi connectivity index (χ1) is 60.8. The molecule has 0 fully saturated rings. The summed E-state index contributed by atoms with van der Waals surface area (Å²) in [6, 6.07) is 38.1. The number of fused-ring (bicyclic) bond motifs is 18. The van der Waals surface area contributed by atoms with E-state index in [4.69, 9.17) is 9.97 Å². The number of hydrogen-bond acceptors (Lipinski definition) is 21. The topological polar surface area (TPSA) is 131 Å². The van der Waals surface area contributed by atoms with Gasteiger partial charge in [-0.3, -0.25) is 29.0 Å². The van der Waals surface area contributed by atoms with Crippen molar-refractivity contribution in [1.29, 1.82) is 0 Å². The van der Waals surface area contributed by atoms with Crippen molar-refractivity contribution >= 4 is 291 Å². The Morgan fingerprint density at radius 2 is 0.630 bits per heavy atom. The van der Waals surface area contributed by atoms with Crippen molar-refractivity contribution in [1.82, 2.24) is 34.3 Å². The van der Waals surface area contributed by atoms with Gasteiger partial charge in [0.25, 0.3) is 23.6 Å². The van der Waals surface area contributed by atoms with Crippen molar-refractivity contribution in [2.75, 3.05) is 14.1 Å². The molecular weight excluding hydrogens is 1820 g/mol. The Labute approximate surface area is 795 Å². The summed E-state index contributed by atoms with van der Waals surface area (Å²) >= 11 is 24.5. The van der Waals surface area contributed by atoms with Crippen molar-refractivity contribution in [3.05, 3.63) is 225 Å². The van der Waals surface area contributed by atoms with Gasteiger partial charge in [-0.15, -0.1) is 125 Å². The van der Waals surface area contributed by atoms with Gasteiger partial charge in [0.05, 0.1) is 90.6 Å². The van der Waals surface area contributed by atoms with Crippen LogP contribution in [0.5, 0.6) is 0 Å². The van der Waals surface area contributed by atoms with Crippen LogP contribution in [0.2, 0.25) is 0 Å². The molecular formula is C103H105N7O4S13. The highest BCUT2D eigenvalue weighted by molar-refractivity contribution is 7.45. The number of amides is 4. The lowest BCUT2D eigenvalue weighted by atomic mass is 9.82. The van der Waals surface area contributed by atoms with Crippen LogP contribution in [-0.2, 0) is 7.05 Å². The van der Waals surface area contributed by atoms with E-state index in [1.807, 2.05) is 183 Å². The molecule has 3 aliphatic rings. The third-order valence-electron chi connectivity index (χ3n) is 23.1. The molecule has 17 heterocycles. The number of carbonyl (C=O) groups excluding carboxylic acids is 4. The Bertz CT molecular complexity index is 7380. The van der Waals surface area contributed by atoms with Gasteiger partial charge in [0.2, 0.25) is 0 Å². The summed E-state index contributed by atoms with van der Waals surface area (Å²) in [6.07, 6.45) is 0. The highest BCUT2D eigenvalue weighted by atomic mass is 32.1. The van der Waals surface area contributed by atoms with E-state index in [0.29, 0.717) is 44.2 Å². The summed E-state index contributed by atoms with van der Waals surface area (Å²) in [4.78, 5) is 87.2. The lowest BCUT2D eigenvalue weighted by Crippen LogP contribution is -2.41. The molecule has 11 nitrogen and oxygen atoms in total. The van der Waals surface area contributed by atoms with Crippen molar-refractivity contribution in [3.8, 4) is 32.3 Å². The zero-order valence-electron chi connectivity index (χ0n) is 77.5. The molecule has 0 unspecified atom stereocenters. The van der Waals surface area contributed by atoms with E-state index in [1.165, 1.54) is 196 Å². The number of rotatable bonds is 1. The highest BCUT2D eigenvalue weighted by Crippen LogP contribution is 2.54. The number of carbonyl (C=O) groups is 4. The average Bonchev–Trinajstić information content (AvgIpc) is 1.70. The van der Waals surface area contributed by atoms with Gasteiger partial charge in [-0.05, 0) is 211 Å². The zero-order chi connectivity index (χ0) is 91.8. The van der Waals surface area contributed by atoms with Crippen LogP contribution in [0, 0.1) is 125 Å². The molecule has 654 valence electrons. The number of nitrogens with zero attached hydrogens (tertiary/aromatic N) is 7. The first-order valence-electron chi connectivity index (χ1n) is 42.8. The molecule has 2 aliphatic heterocycles. The van der Waals surface area contributed by atoms with Crippen LogP contribution in [0.4, 0.5) is 0 Å². The minimum atomic E-state index is -0.419. The van der Waals surface area contributed by atoms with Gasteiger partial charge in [0.1, 0.15) is 11.0 Å². The predicted molar refractivity (Wildman–Crippen MR) is 571 cm³/mol. The number of thiazole rings is 2. The van der Waals surface area contributed by atoms with Crippen LogP contribution in [0.15, 0.2) is 109 Å². The van der Waals surface area contributed by atoms with E-state index in [1.54, 1.807) is 60.0 Å². The third kappa shape index (κ3) is 16.6. The maximum Gasteiger partial charge on any atom is 0.261 e. The summed E-state index contributed by atoms with van der Waals surface area (Å²) in [6.45, 7) is 54.4. The van der Waals surface area contributed by atoms with Gasteiger partial charge in [0.15, 0.2) is 9.66 Å². The fraction of sp³-hybridized carbons (Fsp3) is 0.282. The van der Waals surface area contributed by atoms with E-state index < -0.39 is 23.6 Å². The summed E-state index contributed by atoms with van der Waals surface area (Å²) in [5.74, 6) is -1.66. The van der Waals surface area contributed by atoms with E-state index in [0.717, 1.165) is 51.9 Å². The number of imide groups is 2. The Kier molecular flexibility index (Phi) is 28.3. The average molecular weight is 1920 g/mol. The minimum absolute atomic E-state index is 0.360. The van der Waals surface area contributed by atoms with E-state index in [9.17, 15) is 19.2 Å². The first kappa shape index (κ1) is 94.2. The second-order valence-electron chi connectivity index (χ2n) is 30.7. The van der Waals surface area contributed by atoms with Crippen LogP contribution in [0.25, 0.3) is 153 Å². The molecule has 0 spiro atoms. The number of aromatic nitrogens is 5. The zero-order valence-corrected chi connectivity index (χ0v) is 88.1. The van der Waals surface area contributed by atoms with Gasteiger partial charge >= 0.3 is 0 Å². The standard InChI is InChI=1S/C18H14N2O4.C18H12N2S.C14H12S4.C14H8S2.C13H15NS2.C12H14S2.C6H6N2S2.4C2H6/c1-7-5-9-14-12(18(24)20(4)15(9)21)8(2)6-10-13(14)11(7)17(23)19(3)16(10)22;1-9-15-16(10(2)21-9)20-18-13-8-4-6-11-5-3-7-12(14(11)13)17(18)19-15;1-5-7(3)15-11-9(5)17-14-12-10(18-13(11)14)6(2)8(4)16-12;1-3-7-11-9(5-1)13-14(15-11)10-6-2-4-8-12(10)16-13;1-6-8(3)15-12-10(6)14(5)11-7(2)9(4)16-13(11)12;1-7-5-11(13-9(7)3)12-6-8(2)10(4)14-12;1-3-7-5-6(9-3)8-4(2)10-5;4*1-2/h5-6H,1-4H3;3-8H,1-2H3;1-4H3;1-8H;1-5H3;5-6H,1-4H3;1-2H3;4*1-2H3. The molecule has 0 radical (unpaired) electrons. The van der Waals surface area contributed by atoms with Gasteiger partial charge in [-0.1, -0.05) is 151 Å². The Morgan fingerprint density at radius 1 is 0.276 bits per heavy atom. The number of hydrogen-bond donors (Lipinski definition) is 0. The van der Waals surface area contributed by atoms with Gasteiger partial charge in [-0.25, -0.2) is 19.9 Å². The lowest BCUT2D eigenvalue weighted by Gasteiger charge is -2.31. The van der Waals surface area contributed by atoms with E-state index in [-0.39, 0.29) is 0 Å². The molecule has 0 bridgehead atoms. The molecule has 15 aromatic heterocycles. The molecule has 0 saturated heterocycles. The summed E-state index contributed by atoms with van der Waals surface area (Å²) in [5.41, 5.74) is 20.9. The summed E-state index contributed by atoms with van der Waals surface area (Å²) in [5, 5.41) is 8.43. The highest BCUT2D eigenvalue weighted by Gasteiger charge is 2.40. The fourth-order valence-electron chi connectivity index (χ4n) is 16.2. The Hall–Kier alpha value is -8.96. The SMILES string of the molecule is CC.CC.CC.CC.Cc1cc(-c2cc(C)c(C)s2)sc1C.Cc1cc2c3c(c(C)cc4c3c1C(=O)N(C)C4=O)C(=O)N(C)C2=O.Cc1nc2sc(C)nc2s1.Cc1sc(C)c2nc3c(nc12)-c1cccc2cccc-3c12.Cc1sc2c(sc3c4sc(C)c(C)c4sc23)c1C.Cc1sc2c3sc(C)c(C)c3n(C)c2c1C.c1ccc2c(c1)sc1c3ccccc3sc21. The maximum absolute atomic E-state index is 12.6. The molecule has 0 N–H and O–H groups in total. The number of benzene rings is 6. The van der Waals surface area contributed by atoms with Crippen molar-refractivity contribution in [3.63, 3.8) is 0 Å². The summed E-state index contributed by atoms with van der Waals surface area (Å²) < 4.78 is 20.2. The molecule has 24 heteroatoms. The normalized spacial score (nSPS) is 12.2. The third-order valence-corrected chi connectivity index (χ3v) is 39.3. The molecule has 0 atom stereocenters. The maximum atomic E-state index is 12.6. The van der Waals surface area contributed by atoms with Crippen LogP contribution in [-0.4, -0.2) is 72.0 Å². The van der Waals surface area contributed by atoms with Crippen LogP contribution in [0.3, 0.4) is 0 Å². The van der Waals surface area contributed by atoms with Gasteiger partial charge in [-0.2, -0.15) is 0 Å². The van der Waals surface area contributed by atoms with E-state index >= 15 is 0 Å². The largest absolute Gasteiger partial charge is 0.342 e. The second kappa shape index (κ2) is 38.2. The molecule has 0 saturated carbocycles. The monoisotopic (exact) mass is 1920 g/mol. The second-order valence-corrected chi connectivity index (χ2v) is 46.1. The van der Waals surface area contributed by atoms with Crippen molar-refractivity contribution in [2.24, 2.45) is 7.05 Å². The van der Waals surface area contributed by atoms with Gasteiger partial charge in [0, 0.05) is 128 Å². The molecule has 24 rings (SSSR count). The molecule has 21 aromatic rings. The predicted octanol–water partition coefficient (Wildman–Crippen LogP) is 34.8. The lowest BCUT2D eigenvalue weighted by molar-refractivity contribution is 0.0628.